The molecule has 2 rings (SSSR count). The monoisotopic (exact) mass is 287 g/mol. The normalized spacial score (nSPS) is 10.9. The number of para-hydroxylation sites is 1. The fourth-order valence-corrected chi connectivity index (χ4v) is 2.20. The molecule has 0 aliphatic rings. The summed E-state index contributed by atoms with van der Waals surface area (Å²) in [5.74, 6) is 0.488. The van der Waals surface area contributed by atoms with Crippen LogP contribution in [-0.4, -0.2) is 12.6 Å². The Bertz CT molecular complexity index is 596. The van der Waals surface area contributed by atoms with E-state index in [1.807, 2.05) is 50.2 Å². The fourth-order valence-electron chi connectivity index (χ4n) is 2.20. The van der Waals surface area contributed by atoms with Crippen molar-refractivity contribution in [1.29, 1.82) is 0 Å². The van der Waals surface area contributed by atoms with Crippen molar-refractivity contribution in [3.63, 3.8) is 0 Å². The highest BCUT2D eigenvalue weighted by molar-refractivity contribution is 5.71. The molecule has 1 N–H and O–H groups in total. The van der Waals surface area contributed by atoms with Crippen LogP contribution in [0, 0.1) is 5.82 Å². The van der Waals surface area contributed by atoms with Gasteiger partial charge in [0.05, 0.1) is 6.10 Å². The van der Waals surface area contributed by atoms with Crippen molar-refractivity contribution in [2.45, 2.75) is 33.4 Å². The van der Waals surface area contributed by atoms with Crippen LogP contribution in [0.4, 0.5) is 4.39 Å². The van der Waals surface area contributed by atoms with E-state index in [2.05, 4.69) is 12.2 Å². The van der Waals surface area contributed by atoms with E-state index in [9.17, 15) is 4.39 Å². The minimum Gasteiger partial charge on any atom is -0.490 e. The van der Waals surface area contributed by atoms with Gasteiger partial charge in [-0.15, -0.1) is 0 Å². The number of hydrogen-bond acceptors (Lipinski definition) is 2. The zero-order valence-electron chi connectivity index (χ0n) is 12.8. The predicted molar refractivity (Wildman–Crippen MR) is 85.0 cm³/mol. The van der Waals surface area contributed by atoms with E-state index in [4.69, 9.17) is 4.74 Å². The van der Waals surface area contributed by atoms with E-state index >= 15 is 0 Å². The first-order chi connectivity index (χ1) is 10.1. The minimum atomic E-state index is -0.227. The summed E-state index contributed by atoms with van der Waals surface area (Å²) >= 11 is 0. The summed E-state index contributed by atoms with van der Waals surface area (Å²) < 4.78 is 20.0. The Kier molecular flexibility index (Phi) is 5.34. The Morgan fingerprint density at radius 1 is 1.10 bits per heavy atom. The Hall–Kier alpha value is -1.87. The number of hydrogen-bond donors (Lipinski definition) is 1. The molecule has 0 aliphatic carbocycles. The maximum absolute atomic E-state index is 14.2. The smallest absolute Gasteiger partial charge is 0.131 e. The highest BCUT2D eigenvalue weighted by Gasteiger charge is 2.12. The zero-order chi connectivity index (χ0) is 15.2. The summed E-state index contributed by atoms with van der Waals surface area (Å²) in [6.07, 6.45) is 0.0548. The molecule has 0 fully saturated rings. The highest BCUT2D eigenvalue weighted by atomic mass is 19.1. The van der Waals surface area contributed by atoms with Gasteiger partial charge >= 0.3 is 0 Å². The Morgan fingerprint density at radius 3 is 2.57 bits per heavy atom. The van der Waals surface area contributed by atoms with Crippen LogP contribution < -0.4 is 10.1 Å². The Morgan fingerprint density at radius 2 is 1.86 bits per heavy atom. The first kappa shape index (κ1) is 15.5. The molecule has 21 heavy (non-hydrogen) atoms. The summed E-state index contributed by atoms with van der Waals surface area (Å²) in [4.78, 5) is 0. The van der Waals surface area contributed by atoms with E-state index in [0.717, 1.165) is 24.2 Å². The number of benzene rings is 2. The van der Waals surface area contributed by atoms with Crippen LogP contribution in [0.3, 0.4) is 0 Å². The van der Waals surface area contributed by atoms with Gasteiger partial charge in [0, 0.05) is 17.7 Å². The minimum absolute atomic E-state index is 0.0548. The molecule has 0 aliphatic heterocycles. The molecule has 0 heterocycles. The molecule has 2 aromatic rings. The molecule has 0 unspecified atom stereocenters. The fraction of sp³-hybridized carbons (Fsp3) is 0.333. The highest BCUT2D eigenvalue weighted by Crippen LogP contribution is 2.33. The van der Waals surface area contributed by atoms with E-state index in [1.165, 1.54) is 6.07 Å². The molecule has 0 saturated carbocycles. The van der Waals surface area contributed by atoms with Gasteiger partial charge in [-0.2, -0.15) is 0 Å². The molecule has 0 radical (unpaired) electrons. The third kappa shape index (κ3) is 4.05. The lowest BCUT2D eigenvalue weighted by atomic mass is 10.0. The lowest BCUT2D eigenvalue weighted by Crippen LogP contribution is -2.12. The second kappa shape index (κ2) is 7.23. The molecular weight excluding hydrogens is 265 g/mol. The lowest BCUT2D eigenvalue weighted by Gasteiger charge is -2.15. The van der Waals surface area contributed by atoms with Crippen LogP contribution in [0.5, 0.6) is 5.75 Å². The molecule has 112 valence electrons. The summed E-state index contributed by atoms with van der Waals surface area (Å²) in [6, 6.07) is 12.8. The average Bonchev–Trinajstić information content (AvgIpc) is 2.47. The zero-order valence-corrected chi connectivity index (χ0v) is 12.8. The summed E-state index contributed by atoms with van der Waals surface area (Å²) in [7, 11) is 0. The average molecular weight is 287 g/mol. The number of nitrogens with one attached hydrogen (secondary N) is 1. The first-order valence-electron chi connectivity index (χ1n) is 7.37. The molecule has 2 aromatic carbocycles. The standard InChI is InChI=1S/C18H22FNO/c1-4-20-12-14-9-10-17(19)16(11-14)15-7-5-6-8-18(15)21-13(2)3/h5-11,13,20H,4,12H2,1-3H3. The largest absolute Gasteiger partial charge is 0.490 e. The third-order valence-electron chi connectivity index (χ3n) is 3.15. The van der Waals surface area contributed by atoms with Crippen molar-refractivity contribution in [3.05, 3.63) is 53.8 Å². The lowest BCUT2D eigenvalue weighted by molar-refractivity contribution is 0.243. The Balaban J connectivity index is 2.41. The first-order valence-corrected chi connectivity index (χ1v) is 7.37. The van der Waals surface area contributed by atoms with Gasteiger partial charge in [-0.1, -0.05) is 31.2 Å². The van der Waals surface area contributed by atoms with Gasteiger partial charge in [-0.25, -0.2) is 4.39 Å². The van der Waals surface area contributed by atoms with Crippen LogP contribution in [0.1, 0.15) is 26.3 Å². The van der Waals surface area contributed by atoms with Crippen LogP contribution in [0.25, 0.3) is 11.1 Å². The maximum Gasteiger partial charge on any atom is 0.131 e. The van der Waals surface area contributed by atoms with Crippen molar-refractivity contribution < 1.29 is 9.13 Å². The van der Waals surface area contributed by atoms with E-state index < -0.39 is 0 Å². The summed E-state index contributed by atoms with van der Waals surface area (Å²) in [5.41, 5.74) is 2.44. The quantitative estimate of drug-likeness (QED) is 0.850. The summed E-state index contributed by atoms with van der Waals surface area (Å²) in [6.45, 7) is 7.61. The van der Waals surface area contributed by atoms with Gasteiger partial charge in [-0.05, 0) is 44.2 Å². The number of halogens is 1. The van der Waals surface area contributed by atoms with E-state index in [1.54, 1.807) is 0 Å². The SMILES string of the molecule is CCNCc1ccc(F)c(-c2ccccc2OC(C)C)c1. The second-order valence-electron chi connectivity index (χ2n) is 5.26. The maximum atomic E-state index is 14.2. The number of ether oxygens (including phenoxy) is 1. The van der Waals surface area contributed by atoms with Crippen molar-refractivity contribution in [3.8, 4) is 16.9 Å². The molecule has 0 spiro atoms. The van der Waals surface area contributed by atoms with Gasteiger partial charge < -0.3 is 10.1 Å². The van der Waals surface area contributed by atoms with Crippen molar-refractivity contribution in [2.75, 3.05) is 6.54 Å². The van der Waals surface area contributed by atoms with Crippen LogP contribution in [-0.2, 0) is 6.54 Å². The van der Waals surface area contributed by atoms with Gasteiger partial charge in [-0.3, -0.25) is 0 Å². The summed E-state index contributed by atoms with van der Waals surface area (Å²) in [5, 5.41) is 3.26. The second-order valence-corrected chi connectivity index (χ2v) is 5.26. The van der Waals surface area contributed by atoms with Gasteiger partial charge in [0.2, 0.25) is 0 Å². The van der Waals surface area contributed by atoms with Crippen LogP contribution in [0.2, 0.25) is 0 Å². The van der Waals surface area contributed by atoms with Crippen LogP contribution in [0.15, 0.2) is 42.5 Å². The third-order valence-corrected chi connectivity index (χ3v) is 3.15. The van der Waals surface area contributed by atoms with Crippen molar-refractivity contribution in [2.24, 2.45) is 0 Å². The van der Waals surface area contributed by atoms with E-state index in [-0.39, 0.29) is 11.9 Å². The Labute approximate surface area is 126 Å². The molecule has 0 aromatic heterocycles. The van der Waals surface area contributed by atoms with Crippen molar-refractivity contribution in [1.82, 2.24) is 5.32 Å². The topological polar surface area (TPSA) is 21.3 Å². The van der Waals surface area contributed by atoms with Gasteiger partial charge in [0.25, 0.3) is 0 Å². The van der Waals surface area contributed by atoms with Gasteiger partial charge in [0.1, 0.15) is 11.6 Å². The van der Waals surface area contributed by atoms with E-state index in [0.29, 0.717) is 11.3 Å². The number of rotatable bonds is 6. The molecular formula is C18H22FNO. The molecule has 0 amide bonds. The molecule has 2 nitrogen and oxygen atoms in total. The molecule has 3 heteroatoms. The van der Waals surface area contributed by atoms with Gasteiger partial charge in [0.15, 0.2) is 0 Å². The predicted octanol–water partition coefficient (Wildman–Crippen LogP) is 4.39. The molecule has 0 saturated heterocycles. The molecule has 0 bridgehead atoms. The van der Waals surface area contributed by atoms with Crippen molar-refractivity contribution >= 4 is 0 Å². The van der Waals surface area contributed by atoms with Crippen LogP contribution >= 0.6 is 0 Å². The molecule has 0 atom stereocenters.